The highest BCUT2D eigenvalue weighted by molar-refractivity contribution is 5.80. The molecule has 0 bridgehead atoms. The summed E-state index contributed by atoms with van der Waals surface area (Å²) in [5.74, 6) is 1.51. The minimum Gasteiger partial charge on any atom is -0.370 e. The summed E-state index contributed by atoms with van der Waals surface area (Å²) in [4.78, 5) is 6.65. The molecule has 0 spiro atoms. The van der Waals surface area contributed by atoms with Gasteiger partial charge in [0.25, 0.3) is 0 Å². The highest BCUT2D eigenvalue weighted by Gasteiger charge is 2.34. The molecule has 92 valence electrons. The SMILES string of the molecule is Cc1n[nH]c(C)c1C1CN=C(N)N1CC1CC1. The third-order valence-corrected chi connectivity index (χ3v) is 3.77. The van der Waals surface area contributed by atoms with Crippen LogP contribution in [0.15, 0.2) is 4.99 Å². The summed E-state index contributed by atoms with van der Waals surface area (Å²) in [5, 5.41) is 7.32. The van der Waals surface area contributed by atoms with E-state index in [1.54, 1.807) is 0 Å². The Labute approximate surface area is 101 Å². The average molecular weight is 233 g/mol. The van der Waals surface area contributed by atoms with E-state index in [0.717, 1.165) is 30.4 Å². The van der Waals surface area contributed by atoms with Crippen LogP contribution < -0.4 is 5.73 Å². The number of nitrogens with one attached hydrogen (secondary N) is 1. The number of aromatic amines is 1. The second kappa shape index (κ2) is 3.75. The first-order valence-electron chi connectivity index (χ1n) is 6.25. The van der Waals surface area contributed by atoms with E-state index in [1.165, 1.54) is 18.4 Å². The molecule has 1 aliphatic heterocycles. The van der Waals surface area contributed by atoms with Gasteiger partial charge in [-0.2, -0.15) is 5.10 Å². The van der Waals surface area contributed by atoms with Gasteiger partial charge in [0.15, 0.2) is 5.96 Å². The van der Waals surface area contributed by atoms with Crippen LogP contribution in [-0.4, -0.2) is 34.1 Å². The normalized spacial score (nSPS) is 24.2. The molecule has 1 saturated carbocycles. The molecule has 2 heterocycles. The van der Waals surface area contributed by atoms with Gasteiger partial charge in [0.1, 0.15) is 0 Å². The van der Waals surface area contributed by atoms with Gasteiger partial charge in [-0.25, -0.2) is 0 Å². The maximum Gasteiger partial charge on any atom is 0.191 e. The molecule has 0 saturated heterocycles. The second-order valence-electron chi connectivity index (χ2n) is 5.16. The average Bonchev–Trinajstić information content (AvgIpc) is 2.97. The fourth-order valence-electron chi connectivity index (χ4n) is 2.63. The molecule has 1 aromatic rings. The zero-order valence-corrected chi connectivity index (χ0v) is 10.4. The first-order chi connectivity index (χ1) is 8.16. The molecule has 1 aromatic heterocycles. The molecule has 1 fully saturated rings. The smallest absolute Gasteiger partial charge is 0.191 e. The van der Waals surface area contributed by atoms with Crippen molar-refractivity contribution in [2.75, 3.05) is 13.1 Å². The number of aryl methyl sites for hydroxylation is 2. The predicted octanol–water partition coefficient (Wildman–Crippen LogP) is 1.11. The van der Waals surface area contributed by atoms with Gasteiger partial charge in [-0.05, 0) is 32.6 Å². The van der Waals surface area contributed by atoms with Crippen LogP contribution in [0.2, 0.25) is 0 Å². The first-order valence-corrected chi connectivity index (χ1v) is 6.25. The van der Waals surface area contributed by atoms with Gasteiger partial charge in [0.2, 0.25) is 0 Å². The van der Waals surface area contributed by atoms with Gasteiger partial charge in [-0.1, -0.05) is 0 Å². The van der Waals surface area contributed by atoms with Crippen molar-refractivity contribution in [3.63, 3.8) is 0 Å². The molecule has 0 amide bonds. The number of H-pyrrole nitrogens is 1. The summed E-state index contributed by atoms with van der Waals surface area (Å²) in [7, 11) is 0. The van der Waals surface area contributed by atoms with Crippen molar-refractivity contribution in [2.24, 2.45) is 16.6 Å². The molecule has 5 heteroatoms. The molecule has 3 rings (SSSR count). The van der Waals surface area contributed by atoms with Crippen LogP contribution in [0.1, 0.15) is 35.8 Å². The lowest BCUT2D eigenvalue weighted by Crippen LogP contribution is -2.37. The quantitative estimate of drug-likeness (QED) is 0.821. The third kappa shape index (κ3) is 1.79. The number of nitrogens with two attached hydrogens (primary N) is 1. The maximum atomic E-state index is 6.00. The molecule has 5 nitrogen and oxygen atoms in total. The van der Waals surface area contributed by atoms with Gasteiger partial charge in [0.05, 0.1) is 18.3 Å². The summed E-state index contributed by atoms with van der Waals surface area (Å²) in [6.07, 6.45) is 2.67. The second-order valence-corrected chi connectivity index (χ2v) is 5.16. The monoisotopic (exact) mass is 233 g/mol. The van der Waals surface area contributed by atoms with Crippen molar-refractivity contribution in [3.8, 4) is 0 Å². The fraction of sp³-hybridized carbons (Fsp3) is 0.667. The summed E-state index contributed by atoms with van der Waals surface area (Å²) in [6, 6.07) is 0.286. The van der Waals surface area contributed by atoms with Gasteiger partial charge in [-0.15, -0.1) is 0 Å². The molecule has 0 aromatic carbocycles. The molecule has 17 heavy (non-hydrogen) atoms. The van der Waals surface area contributed by atoms with Crippen LogP contribution in [0.4, 0.5) is 0 Å². The first kappa shape index (κ1) is 10.6. The summed E-state index contributed by atoms with van der Waals surface area (Å²) in [5.41, 5.74) is 9.48. The molecule has 1 unspecified atom stereocenters. The van der Waals surface area contributed by atoms with Crippen molar-refractivity contribution >= 4 is 5.96 Å². The van der Waals surface area contributed by atoms with Crippen LogP contribution in [0.3, 0.4) is 0 Å². The van der Waals surface area contributed by atoms with E-state index in [2.05, 4.69) is 27.0 Å². The van der Waals surface area contributed by atoms with E-state index in [0.29, 0.717) is 5.96 Å². The Hall–Kier alpha value is -1.52. The Morgan fingerprint density at radius 3 is 2.76 bits per heavy atom. The van der Waals surface area contributed by atoms with Crippen molar-refractivity contribution in [3.05, 3.63) is 17.0 Å². The number of hydrogen-bond acceptors (Lipinski definition) is 4. The Kier molecular flexibility index (Phi) is 2.34. The topological polar surface area (TPSA) is 70.3 Å². The van der Waals surface area contributed by atoms with E-state index in [1.807, 2.05) is 6.92 Å². The van der Waals surface area contributed by atoms with Crippen molar-refractivity contribution in [2.45, 2.75) is 32.7 Å². The molecule has 1 aliphatic carbocycles. The summed E-state index contributed by atoms with van der Waals surface area (Å²) >= 11 is 0. The van der Waals surface area contributed by atoms with Crippen LogP contribution in [0.5, 0.6) is 0 Å². The molecular formula is C12H19N5. The molecular weight excluding hydrogens is 214 g/mol. The lowest BCUT2D eigenvalue weighted by atomic mass is 10.0. The van der Waals surface area contributed by atoms with E-state index >= 15 is 0 Å². The number of rotatable bonds is 3. The standard InChI is InChI=1S/C12H19N5/c1-7-11(8(2)16-15-7)10-5-14-12(13)17(10)6-9-3-4-9/h9-10H,3-6H2,1-2H3,(H2,13,14)(H,15,16). The lowest BCUT2D eigenvalue weighted by Gasteiger charge is -2.26. The Balaban J connectivity index is 1.87. The van der Waals surface area contributed by atoms with Crippen molar-refractivity contribution in [1.82, 2.24) is 15.1 Å². The highest BCUT2D eigenvalue weighted by Crippen LogP contribution is 2.35. The van der Waals surface area contributed by atoms with E-state index in [9.17, 15) is 0 Å². The summed E-state index contributed by atoms with van der Waals surface area (Å²) < 4.78 is 0. The lowest BCUT2D eigenvalue weighted by molar-refractivity contribution is 0.332. The molecule has 2 aliphatic rings. The van der Waals surface area contributed by atoms with Gasteiger partial charge in [0, 0.05) is 17.8 Å². The van der Waals surface area contributed by atoms with Crippen LogP contribution in [-0.2, 0) is 0 Å². The minimum absolute atomic E-state index is 0.286. The van der Waals surface area contributed by atoms with Crippen LogP contribution in [0, 0.1) is 19.8 Å². The number of nitrogens with zero attached hydrogens (tertiary/aromatic N) is 3. The van der Waals surface area contributed by atoms with Crippen molar-refractivity contribution in [1.29, 1.82) is 0 Å². The van der Waals surface area contributed by atoms with E-state index in [4.69, 9.17) is 5.73 Å². The Morgan fingerprint density at radius 1 is 1.41 bits per heavy atom. The van der Waals surface area contributed by atoms with Gasteiger partial charge in [-0.3, -0.25) is 10.1 Å². The highest BCUT2D eigenvalue weighted by atomic mass is 15.3. The van der Waals surface area contributed by atoms with E-state index < -0.39 is 0 Å². The minimum atomic E-state index is 0.286. The van der Waals surface area contributed by atoms with Gasteiger partial charge >= 0.3 is 0 Å². The summed E-state index contributed by atoms with van der Waals surface area (Å²) in [6.45, 7) is 5.92. The van der Waals surface area contributed by atoms with Gasteiger partial charge < -0.3 is 10.6 Å². The van der Waals surface area contributed by atoms with Crippen LogP contribution >= 0.6 is 0 Å². The number of hydrogen-bond donors (Lipinski definition) is 2. The number of guanidine groups is 1. The largest absolute Gasteiger partial charge is 0.370 e. The zero-order chi connectivity index (χ0) is 12.0. The fourth-order valence-corrected chi connectivity index (χ4v) is 2.63. The van der Waals surface area contributed by atoms with Crippen molar-refractivity contribution < 1.29 is 0 Å². The number of aliphatic imine (C=N–C) groups is 1. The molecule has 1 atom stereocenters. The zero-order valence-electron chi connectivity index (χ0n) is 10.4. The van der Waals surface area contributed by atoms with Crippen LogP contribution in [0.25, 0.3) is 0 Å². The Morgan fingerprint density at radius 2 is 2.18 bits per heavy atom. The predicted molar refractivity (Wildman–Crippen MR) is 66.7 cm³/mol. The molecule has 0 radical (unpaired) electrons. The Bertz CT molecular complexity index is 438. The maximum absolute atomic E-state index is 6.00. The third-order valence-electron chi connectivity index (χ3n) is 3.77. The molecule has 3 N–H and O–H groups in total. The number of aromatic nitrogens is 2. The van der Waals surface area contributed by atoms with E-state index in [-0.39, 0.29) is 6.04 Å².